The Labute approximate surface area is 136 Å². The third-order valence-electron chi connectivity index (χ3n) is 4.53. The minimum absolute atomic E-state index is 0.100. The Kier molecular flexibility index (Phi) is 4.71. The smallest absolute Gasteiger partial charge is 0.229 e. The number of hydrogen-bond donors (Lipinski definition) is 1. The molecule has 23 heavy (non-hydrogen) atoms. The van der Waals surface area contributed by atoms with Gasteiger partial charge >= 0.3 is 0 Å². The highest BCUT2D eigenvalue weighted by Crippen LogP contribution is 2.18. The van der Waals surface area contributed by atoms with Crippen LogP contribution in [-0.4, -0.2) is 44.9 Å². The number of nitrogens with two attached hydrogens (primary N) is 1. The molecule has 1 aromatic heterocycles. The summed E-state index contributed by atoms with van der Waals surface area (Å²) in [4.78, 5) is 14.5. The number of hydrogen-bond acceptors (Lipinski definition) is 4. The molecule has 3 rings (SSSR count). The molecule has 2 aromatic rings. The number of benzene rings is 1. The molecule has 1 unspecified atom stereocenters. The highest BCUT2D eigenvalue weighted by atomic mass is 16.2. The number of nitrogens with zero attached hydrogens (tertiary/aromatic N) is 4. The van der Waals surface area contributed by atoms with Crippen LogP contribution in [0, 0.1) is 6.92 Å². The molecule has 1 fully saturated rings. The summed E-state index contributed by atoms with van der Waals surface area (Å²) in [5, 5.41) is 8.41. The summed E-state index contributed by atoms with van der Waals surface area (Å²) in [5.74, 6) is 0.100. The van der Waals surface area contributed by atoms with Crippen LogP contribution in [0.4, 0.5) is 0 Å². The van der Waals surface area contributed by atoms with E-state index in [1.807, 2.05) is 42.2 Å². The number of aromatic nitrogens is 3. The lowest BCUT2D eigenvalue weighted by atomic mass is 10.0. The molecule has 0 bridgehead atoms. The summed E-state index contributed by atoms with van der Waals surface area (Å²) in [6, 6.07) is 10.00. The van der Waals surface area contributed by atoms with Gasteiger partial charge in [-0.05, 0) is 38.3 Å². The minimum atomic E-state index is 0.100. The van der Waals surface area contributed by atoms with Gasteiger partial charge in [0.2, 0.25) is 5.91 Å². The van der Waals surface area contributed by atoms with E-state index in [1.54, 1.807) is 4.68 Å². The molecular formula is C17H23N5O. The van der Waals surface area contributed by atoms with Crippen LogP contribution in [0.15, 0.2) is 30.3 Å². The van der Waals surface area contributed by atoms with E-state index in [1.165, 1.54) is 0 Å². The van der Waals surface area contributed by atoms with Crippen molar-refractivity contribution in [2.24, 2.45) is 5.73 Å². The van der Waals surface area contributed by atoms with Crippen LogP contribution in [0.1, 0.15) is 30.7 Å². The first-order valence-electron chi connectivity index (χ1n) is 8.17. The fourth-order valence-electron chi connectivity index (χ4n) is 3.16. The summed E-state index contributed by atoms with van der Waals surface area (Å²) < 4.78 is 1.78. The number of carbonyl (C=O) groups is 1. The van der Waals surface area contributed by atoms with Gasteiger partial charge in [0, 0.05) is 19.1 Å². The first-order valence-corrected chi connectivity index (χ1v) is 8.17. The van der Waals surface area contributed by atoms with Gasteiger partial charge in [-0.25, -0.2) is 4.68 Å². The van der Waals surface area contributed by atoms with Gasteiger partial charge in [-0.15, -0.1) is 5.10 Å². The zero-order valence-electron chi connectivity index (χ0n) is 13.5. The minimum Gasteiger partial charge on any atom is -0.338 e. The maximum atomic E-state index is 12.6. The second-order valence-electron chi connectivity index (χ2n) is 6.02. The number of likely N-dealkylation sites (tertiary alicyclic amines) is 1. The lowest BCUT2D eigenvalue weighted by Gasteiger charge is -2.35. The van der Waals surface area contributed by atoms with E-state index < -0.39 is 0 Å². The fourth-order valence-corrected chi connectivity index (χ4v) is 3.16. The van der Waals surface area contributed by atoms with Crippen LogP contribution >= 0.6 is 0 Å². The third kappa shape index (κ3) is 3.27. The van der Waals surface area contributed by atoms with Crippen molar-refractivity contribution in [2.75, 3.05) is 13.1 Å². The van der Waals surface area contributed by atoms with Crippen molar-refractivity contribution in [1.29, 1.82) is 0 Å². The molecule has 6 heteroatoms. The Morgan fingerprint density at radius 1 is 1.30 bits per heavy atom. The molecule has 2 N–H and O–H groups in total. The van der Waals surface area contributed by atoms with Gasteiger partial charge in [0.15, 0.2) is 0 Å². The van der Waals surface area contributed by atoms with Crippen LogP contribution < -0.4 is 5.73 Å². The highest BCUT2D eigenvalue weighted by molar-refractivity contribution is 5.79. The molecule has 1 aliphatic rings. The van der Waals surface area contributed by atoms with Crippen molar-refractivity contribution in [3.63, 3.8) is 0 Å². The van der Waals surface area contributed by atoms with Gasteiger partial charge < -0.3 is 10.6 Å². The van der Waals surface area contributed by atoms with Crippen molar-refractivity contribution in [2.45, 2.75) is 38.6 Å². The zero-order chi connectivity index (χ0) is 16.2. The van der Waals surface area contributed by atoms with Crippen LogP contribution in [-0.2, 0) is 11.2 Å². The number of amides is 1. The summed E-state index contributed by atoms with van der Waals surface area (Å²) in [5.41, 5.74) is 8.41. The molecule has 2 heterocycles. The predicted octanol–water partition coefficient (Wildman–Crippen LogP) is 1.46. The van der Waals surface area contributed by atoms with Crippen LogP contribution in [0.5, 0.6) is 0 Å². The van der Waals surface area contributed by atoms with Crippen molar-refractivity contribution in [3.8, 4) is 5.69 Å². The van der Waals surface area contributed by atoms with Crippen molar-refractivity contribution < 1.29 is 4.79 Å². The molecule has 1 amide bonds. The SMILES string of the molecule is Cc1c(CC(=O)N2CCCCC2CN)nnn1-c1ccccc1. The van der Waals surface area contributed by atoms with E-state index in [0.29, 0.717) is 6.54 Å². The Morgan fingerprint density at radius 3 is 2.83 bits per heavy atom. The predicted molar refractivity (Wildman–Crippen MR) is 88.2 cm³/mol. The zero-order valence-corrected chi connectivity index (χ0v) is 13.5. The van der Waals surface area contributed by atoms with E-state index in [2.05, 4.69) is 10.3 Å². The topological polar surface area (TPSA) is 77.0 Å². The maximum Gasteiger partial charge on any atom is 0.229 e. The Morgan fingerprint density at radius 2 is 2.09 bits per heavy atom. The lowest BCUT2D eigenvalue weighted by Crippen LogP contribution is -2.48. The standard InChI is InChI=1S/C17H23N5O/c1-13-16(19-20-22(13)14-7-3-2-4-8-14)11-17(23)21-10-6-5-9-15(21)12-18/h2-4,7-8,15H,5-6,9-12,18H2,1H3. The van der Waals surface area contributed by atoms with Gasteiger partial charge in [-0.2, -0.15) is 0 Å². The summed E-state index contributed by atoms with van der Waals surface area (Å²) >= 11 is 0. The number of rotatable bonds is 4. The molecule has 0 aliphatic carbocycles. The molecule has 6 nitrogen and oxygen atoms in total. The molecule has 1 aliphatic heterocycles. The average Bonchev–Trinajstić information content (AvgIpc) is 2.96. The number of para-hydroxylation sites is 1. The van der Waals surface area contributed by atoms with Gasteiger partial charge in [-0.1, -0.05) is 23.4 Å². The van der Waals surface area contributed by atoms with E-state index in [4.69, 9.17) is 5.73 Å². The molecule has 1 aromatic carbocycles. The molecule has 1 saturated heterocycles. The normalized spacial score (nSPS) is 18.2. The molecule has 0 saturated carbocycles. The number of piperidine rings is 1. The van der Waals surface area contributed by atoms with Crippen LogP contribution in [0.3, 0.4) is 0 Å². The lowest BCUT2D eigenvalue weighted by molar-refractivity contribution is -0.133. The van der Waals surface area contributed by atoms with E-state index in [-0.39, 0.29) is 18.4 Å². The van der Waals surface area contributed by atoms with Crippen molar-refractivity contribution >= 4 is 5.91 Å². The van der Waals surface area contributed by atoms with Crippen molar-refractivity contribution in [1.82, 2.24) is 19.9 Å². The molecule has 122 valence electrons. The fraction of sp³-hybridized carbons (Fsp3) is 0.471. The summed E-state index contributed by atoms with van der Waals surface area (Å²) in [7, 11) is 0. The quantitative estimate of drug-likeness (QED) is 0.927. The van der Waals surface area contributed by atoms with Crippen molar-refractivity contribution in [3.05, 3.63) is 41.7 Å². The Bertz CT molecular complexity index is 667. The van der Waals surface area contributed by atoms with E-state index in [9.17, 15) is 4.79 Å². The average molecular weight is 313 g/mol. The van der Waals surface area contributed by atoms with Gasteiger partial charge in [0.05, 0.1) is 23.5 Å². The second-order valence-corrected chi connectivity index (χ2v) is 6.02. The number of carbonyl (C=O) groups excluding carboxylic acids is 1. The molecular weight excluding hydrogens is 290 g/mol. The van der Waals surface area contributed by atoms with Gasteiger partial charge in [0.1, 0.15) is 0 Å². The van der Waals surface area contributed by atoms with Crippen LogP contribution in [0.25, 0.3) is 5.69 Å². The largest absolute Gasteiger partial charge is 0.338 e. The summed E-state index contributed by atoms with van der Waals surface area (Å²) in [6.07, 6.45) is 3.49. The second kappa shape index (κ2) is 6.91. The molecule has 0 spiro atoms. The third-order valence-corrected chi connectivity index (χ3v) is 4.53. The Balaban J connectivity index is 1.76. The first kappa shape index (κ1) is 15.7. The molecule has 1 atom stereocenters. The monoisotopic (exact) mass is 313 g/mol. The van der Waals surface area contributed by atoms with Crippen LogP contribution in [0.2, 0.25) is 0 Å². The molecule has 0 radical (unpaired) electrons. The summed E-state index contributed by atoms with van der Waals surface area (Å²) in [6.45, 7) is 3.28. The van der Waals surface area contributed by atoms with E-state index >= 15 is 0 Å². The van der Waals surface area contributed by atoms with Gasteiger partial charge in [0.25, 0.3) is 0 Å². The highest BCUT2D eigenvalue weighted by Gasteiger charge is 2.26. The van der Waals surface area contributed by atoms with Gasteiger partial charge in [-0.3, -0.25) is 4.79 Å². The maximum absolute atomic E-state index is 12.6. The Hall–Kier alpha value is -2.21. The first-order chi connectivity index (χ1) is 11.2. The van der Waals surface area contributed by atoms with E-state index in [0.717, 1.165) is 42.9 Å².